The van der Waals surface area contributed by atoms with Crippen LogP contribution in [-0.2, 0) is 19.6 Å². The van der Waals surface area contributed by atoms with Gasteiger partial charge in [0.2, 0.25) is 0 Å². The van der Waals surface area contributed by atoms with Crippen LogP contribution in [-0.4, -0.2) is 34.4 Å². The highest BCUT2D eigenvalue weighted by atomic mass is 35.5. The van der Waals surface area contributed by atoms with Crippen LogP contribution in [0.25, 0.3) is 10.8 Å². The first-order chi connectivity index (χ1) is 13.9. The molecule has 0 radical (unpaired) electrons. The lowest BCUT2D eigenvalue weighted by Crippen LogP contribution is -2.13. The molecule has 0 spiro atoms. The molecule has 0 heterocycles. The molecule has 3 rings (SSSR count). The molecule has 0 fully saturated rings. The summed E-state index contributed by atoms with van der Waals surface area (Å²) in [6, 6.07) is 14.8. The van der Waals surface area contributed by atoms with Gasteiger partial charge >= 0.3 is 5.97 Å². The van der Waals surface area contributed by atoms with E-state index in [1.165, 1.54) is 50.2 Å². The van der Waals surface area contributed by atoms with Crippen LogP contribution in [0.2, 0.25) is 5.02 Å². The van der Waals surface area contributed by atoms with E-state index in [1.807, 2.05) is 18.2 Å². The van der Waals surface area contributed by atoms with E-state index in [4.69, 9.17) is 16.3 Å². The van der Waals surface area contributed by atoms with Gasteiger partial charge in [0.15, 0.2) is 0 Å². The van der Waals surface area contributed by atoms with Crippen molar-refractivity contribution in [1.29, 1.82) is 0 Å². The van der Waals surface area contributed by atoms with Crippen molar-refractivity contribution in [2.24, 2.45) is 0 Å². The lowest BCUT2D eigenvalue weighted by atomic mass is 10.1. The minimum Gasteiger partial charge on any atom is -0.495 e. The van der Waals surface area contributed by atoms with Crippen LogP contribution < -0.4 is 9.46 Å². The zero-order valence-corrected chi connectivity index (χ0v) is 18.0. The van der Waals surface area contributed by atoms with Crippen molar-refractivity contribution in [2.45, 2.75) is 9.79 Å². The number of thioether (sulfide) groups is 1. The second-order valence-corrected chi connectivity index (χ2v) is 9.06. The number of benzene rings is 3. The van der Waals surface area contributed by atoms with Crippen LogP contribution in [0, 0.1) is 0 Å². The van der Waals surface area contributed by atoms with Crippen LogP contribution >= 0.6 is 23.4 Å². The van der Waals surface area contributed by atoms with E-state index in [2.05, 4.69) is 9.46 Å². The Morgan fingerprint density at radius 1 is 1.07 bits per heavy atom. The Balaban J connectivity index is 2.08. The van der Waals surface area contributed by atoms with Gasteiger partial charge in [0, 0.05) is 15.8 Å². The Hall–Kier alpha value is -2.42. The maximum Gasteiger partial charge on any atom is 0.315 e. The summed E-state index contributed by atoms with van der Waals surface area (Å²) in [5.41, 5.74) is 0.378. The second-order valence-electron chi connectivity index (χ2n) is 5.93. The Morgan fingerprint density at radius 2 is 1.72 bits per heavy atom. The number of halogens is 1. The summed E-state index contributed by atoms with van der Waals surface area (Å²) in [5, 5.41) is 1.84. The van der Waals surface area contributed by atoms with Crippen LogP contribution in [0.15, 0.2) is 64.4 Å². The topological polar surface area (TPSA) is 81.7 Å². The third-order valence-corrected chi connectivity index (χ3v) is 6.73. The van der Waals surface area contributed by atoms with Gasteiger partial charge < -0.3 is 9.47 Å². The molecule has 3 aromatic rings. The Labute approximate surface area is 178 Å². The Bertz CT molecular complexity index is 1150. The number of anilines is 1. The minimum absolute atomic E-state index is 0.0641. The van der Waals surface area contributed by atoms with Gasteiger partial charge in [-0.05, 0) is 30.3 Å². The third-order valence-electron chi connectivity index (χ3n) is 4.11. The second kappa shape index (κ2) is 8.94. The van der Waals surface area contributed by atoms with E-state index in [0.29, 0.717) is 26.7 Å². The number of hydrogen-bond donors (Lipinski definition) is 1. The molecule has 0 saturated heterocycles. The van der Waals surface area contributed by atoms with Gasteiger partial charge in [-0.15, -0.1) is 11.8 Å². The van der Waals surface area contributed by atoms with Crippen molar-refractivity contribution in [3.05, 3.63) is 59.6 Å². The smallest absolute Gasteiger partial charge is 0.315 e. The Morgan fingerprint density at radius 3 is 2.34 bits per heavy atom. The molecule has 9 heteroatoms. The largest absolute Gasteiger partial charge is 0.495 e. The van der Waals surface area contributed by atoms with Crippen LogP contribution in [0.1, 0.15) is 0 Å². The highest BCUT2D eigenvalue weighted by Gasteiger charge is 2.19. The normalized spacial score (nSPS) is 11.3. The zero-order valence-electron chi connectivity index (χ0n) is 15.6. The van der Waals surface area contributed by atoms with E-state index < -0.39 is 16.0 Å². The van der Waals surface area contributed by atoms with Crippen molar-refractivity contribution < 1.29 is 22.7 Å². The molecule has 0 aliphatic carbocycles. The predicted molar refractivity (Wildman–Crippen MR) is 116 cm³/mol. The average molecular weight is 452 g/mol. The van der Waals surface area contributed by atoms with Crippen molar-refractivity contribution in [1.82, 2.24) is 0 Å². The number of ether oxygens (including phenoxy) is 2. The van der Waals surface area contributed by atoms with Crippen molar-refractivity contribution in [3.8, 4) is 5.75 Å². The first-order valence-electron chi connectivity index (χ1n) is 8.43. The maximum atomic E-state index is 12.9. The number of fused-ring (bicyclic) bond motifs is 1. The van der Waals surface area contributed by atoms with Gasteiger partial charge in [-0.1, -0.05) is 35.9 Å². The SMILES string of the molecule is COC(=O)CSc1cc(NS(=O)(=O)c2ccc(Cl)cc2)c2ccccc2c1OC. The number of sulfonamides is 1. The molecular weight excluding hydrogens is 434 g/mol. The monoisotopic (exact) mass is 451 g/mol. The summed E-state index contributed by atoms with van der Waals surface area (Å²) < 4.78 is 38.6. The maximum absolute atomic E-state index is 12.9. The van der Waals surface area contributed by atoms with E-state index in [0.717, 1.165) is 5.39 Å². The van der Waals surface area contributed by atoms with Gasteiger partial charge in [-0.25, -0.2) is 8.42 Å². The molecule has 0 unspecified atom stereocenters. The van der Waals surface area contributed by atoms with Gasteiger partial charge in [-0.3, -0.25) is 9.52 Å². The molecule has 3 aromatic carbocycles. The van der Waals surface area contributed by atoms with Crippen molar-refractivity contribution in [3.63, 3.8) is 0 Å². The van der Waals surface area contributed by atoms with Crippen LogP contribution in [0.5, 0.6) is 5.75 Å². The van der Waals surface area contributed by atoms with Gasteiger partial charge in [0.05, 0.1) is 35.5 Å². The standard InChI is InChI=1S/C20H18ClNO5S2/c1-26-19(23)12-28-18-11-17(15-5-3-4-6-16(15)20(18)27-2)22-29(24,25)14-9-7-13(21)8-10-14/h3-11,22H,12H2,1-2H3. The fraction of sp³-hybridized carbons (Fsp3) is 0.150. The van der Waals surface area contributed by atoms with Crippen molar-refractivity contribution >= 4 is 55.8 Å². The highest BCUT2D eigenvalue weighted by Crippen LogP contribution is 2.41. The number of methoxy groups -OCH3 is 2. The molecule has 0 aliphatic heterocycles. The molecule has 1 N–H and O–H groups in total. The molecule has 0 atom stereocenters. The minimum atomic E-state index is -3.84. The molecule has 0 amide bonds. The summed E-state index contributed by atoms with van der Waals surface area (Å²) in [6.07, 6.45) is 0. The molecule has 152 valence electrons. The molecule has 6 nitrogen and oxygen atoms in total. The summed E-state index contributed by atoms with van der Waals surface area (Å²) >= 11 is 7.06. The lowest BCUT2D eigenvalue weighted by Gasteiger charge is -2.16. The fourth-order valence-corrected chi connectivity index (χ4v) is 4.85. The predicted octanol–water partition coefficient (Wildman–Crippen LogP) is 4.57. The summed E-state index contributed by atoms with van der Waals surface area (Å²) in [7, 11) is -1.00. The summed E-state index contributed by atoms with van der Waals surface area (Å²) in [5.74, 6) is 0.228. The first-order valence-corrected chi connectivity index (χ1v) is 11.3. The first kappa shape index (κ1) is 21.3. The summed E-state index contributed by atoms with van der Waals surface area (Å²) in [4.78, 5) is 12.3. The van der Waals surface area contributed by atoms with E-state index in [9.17, 15) is 13.2 Å². The number of carbonyl (C=O) groups is 1. The van der Waals surface area contributed by atoms with Crippen LogP contribution in [0.3, 0.4) is 0 Å². The highest BCUT2D eigenvalue weighted by molar-refractivity contribution is 8.00. The number of rotatable bonds is 7. The fourth-order valence-electron chi connectivity index (χ4n) is 2.74. The lowest BCUT2D eigenvalue weighted by molar-refractivity contribution is -0.137. The number of esters is 1. The van der Waals surface area contributed by atoms with Crippen LogP contribution in [0.4, 0.5) is 5.69 Å². The molecule has 0 aliphatic rings. The van der Waals surface area contributed by atoms with Gasteiger partial charge in [-0.2, -0.15) is 0 Å². The number of nitrogens with one attached hydrogen (secondary N) is 1. The quantitative estimate of drug-likeness (QED) is 0.418. The molecule has 0 saturated carbocycles. The molecule has 0 aromatic heterocycles. The average Bonchev–Trinajstić information content (AvgIpc) is 2.72. The molecular formula is C20H18ClNO5S2. The number of hydrogen-bond acceptors (Lipinski definition) is 6. The summed E-state index contributed by atoms with van der Waals surface area (Å²) in [6.45, 7) is 0. The molecule has 29 heavy (non-hydrogen) atoms. The molecule has 0 bridgehead atoms. The van der Waals surface area contributed by atoms with E-state index in [-0.39, 0.29) is 10.6 Å². The van der Waals surface area contributed by atoms with Crippen molar-refractivity contribution in [2.75, 3.05) is 24.7 Å². The van der Waals surface area contributed by atoms with Gasteiger partial charge in [0.1, 0.15) is 5.75 Å². The van der Waals surface area contributed by atoms with E-state index in [1.54, 1.807) is 12.1 Å². The zero-order chi connectivity index (χ0) is 21.0. The third kappa shape index (κ3) is 4.77. The van der Waals surface area contributed by atoms with Gasteiger partial charge in [0.25, 0.3) is 10.0 Å². The van der Waals surface area contributed by atoms with E-state index >= 15 is 0 Å². The number of carbonyl (C=O) groups excluding carboxylic acids is 1. The Kier molecular flexibility index (Phi) is 6.56.